The number of rotatable bonds is 6. The van der Waals surface area contributed by atoms with E-state index < -0.39 is 0 Å². The van der Waals surface area contributed by atoms with Crippen LogP contribution in [0.4, 0.5) is 0 Å². The normalized spacial score (nSPS) is 23.1. The highest BCUT2D eigenvalue weighted by Crippen LogP contribution is 2.22. The van der Waals surface area contributed by atoms with Gasteiger partial charge in [-0.15, -0.1) is 0 Å². The maximum absolute atomic E-state index is 12.7. The first-order valence-electron chi connectivity index (χ1n) is 11.2. The molecule has 0 N–H and O–H groups in total. The third-order valence-electron chi connectivity index (χ3n) is 6.22. The standard InChI is InChI=1S/C23H33N5O3/c1-17-12-18(2)14-28(13-17)22(29)16-27-10-8-26(9-11-27)15-21-24-23(25-31-21)19-4-6-20(30-3)7-5-19/h4-7,17-18H,8-16H2,1-3H3/t17-,18-/m0/s1. The van der Waals surface area contributed by atoms with Gasteiger partial charge >= 0.3 is 0 Å². The zero-order valence-corrected chi connectivity index (χ0v) is 18.8. The van der Waals surface area contributed by atoms with Gasteiger partial charge in [0.05, 0.1) is 20.2 Å². The zero-order valence-electron chi connectivity index (χ0n) is 18.8. The highest BCUT2D eigenvalue weighted by molar-refractivity contribution is 5.78. The van der Waals surface area contributed by atoms with Gasteiger partial charge in [-0.05, 0) is 42.5 Å². The predicted molar refractivity (Wildman–Crippen MR) is 118 cm³/mol. The Morgan fingerprint density at radius 1 is 1.06 bits per heavy atom. The predicted octanol–water partition coefficient (Wildman–Crippen LogP) is 2.37. The van der Waals surface area contributed by atoms with Crippen LogP contribution in [0, 0.1) is 11.8 Å². The number of nitrogens with zero attached hydrogens (tertiary/aromatic N) is 5. The highest BCUT2D eigenvalue weighted by atomic mass is 16.5. The van der Waals surface area contributed by atoms with Gasteiger partial charge in [-0.25, -0.2) is 0 Å². The molecular weight excluding hydrogens is 394 g/mol. The van der Waals surface area contributed by atoms with Gasteiger partial charge in [0.2, 0.25) is 17.6 Å². The molecule has 1 aromatic carbocycles. The van der Waals surface area contributed by atoms with Crippen molar-refractivity contribution in [3.05, 3.63) is 30.2 Å². The smallest absolute Gasteiger partial charge is 0.241 e. The Morgan fingerprint density at radius 3 is 2.35 bits per heavy atom. The van der Waals surface area contributed by atoms with Crippen LogP contribution in [0.1, 0.15) is 26.2 Å². The lowest BCUT2D eigenvalue weighted by molar-refractivity contribution is -0.135. The van der Waals surface area contributed by atoms with E-state index in [0.29, 0.717) is 36.6 Å². The Hall–Kier alpha value is -2.45. The van der Waals surface area contributed by atoms with Gasteiger partial charge in [0.15, 0.2) is 0 Å². The van der Waals surface area contributed by atoms with Crippen molar-refractivity contribution in [2.24, 2.45) is 11.8 Å². The van der Waals surface area contributed by atoms with Crippen molar-refractivity contribution >= 4 is 5.91 Å². The second-order valence-corrected chi connectivity index (χ2v) is 9.04. The van der Waals surface area contributed by atoms with Crippen molar-refractivity contribution < 1.29 is 14.1 Å². The van der Waals surface area contributed by atoms with Gasteiger partial charge in [-0.2, -0.15) is 4.98 Å². The SMILES string of the molecule is COc1ccc(-c2noc(CN3CCN(CC(=O)N4C[C@@H](C)C[C@H](C)C4)CC3)n2)cc1. The molecule has 0 radical (unpaired) electrons. The lowest BCUT2D eigenvalue weighted by Crippen LogP contribution is -2.51. The van der Waals surface area contributed by atoms with Crippen LogP contribution in [0.25, 0.3) is 11.4 Å². The van der Waals surface area contributed by atoms with Gasteiger partial charge in [-0.3, -0.25) is 14.6 Å². The van der Waals surface area contributed by atoms with Crippen LogP contribution in [0.2, 0.25) is 0 Å². The number of likely N-dealkylation sites (tertiary alicyclic amines) is 1. The number of amides is 1. The van der Waals surface area contributed by atoms with E-state index in [9.17, 15) is 4.79 Å². The zero-order chi connectivity index (χ0) is 21.8. The number of hydrogen-bond donors (Lipinski definition) is 0. The summed E-state index contributed by atoms with van der Waals surface area (Å²) >= 11 is 0. The van der Waals surface area contributed by atoms with Gasteiger partial charge in [0, 0.05) is 44.8 Å². The fourth-order valence-electron chi connectivity index (χ4n) is 4.63. The summed E-state index contributed by atoms with van der Waals surface area (Å²) in [7, 11) is 1.64. The highest BCUT2D eigenvalue weighted by Gasteiger charge is 2.27. The van der Waals surface area contributed by atoms with Crippen LogP contribution in [-0.2, 0) is 11.3 Å². The van der Waals surface area contributed by atoms with E-state index >= 15 is 0 Å². The largest absolute Gasteiger partial charge is 0.497 e. The van der Waals surface area contributed by atoms with Crippen molar-refractivity contribution in [1.82, 2.24) is 24.8 Å². The Kier molecular flexibility index (Phi) is 6.87. The maximum Gasteiger partial charge on any atom is 0.241 e. The maximum atomic E-state index is 12.7. The van der Waals surface area contributed by atoms with E-state index in [1.807, 2.05) is 24.3 Å². The molecule has 0 spiro atoms. The Bertz CT molecular complexity index is 850. The summed E-state index contributed by atoms with van der Waals surface area (Å²) in [6.45, 7) is 11.0. The molecule has 2 atom stereocenters. The second-order valence-electron chi connectivity index (χ2n) is 9.04. The number of benzene rings is 1. The molecule has 0 aliphatic carbocycles. The molecule has 2 aromatic rings. The summed E-state index contributed by atoms with van der Waals surface area (Å²) in [4.78, 5) is 23.9. The summed E-state index contributed by atoms with van der Waals surface area (Å²) in [5.41, 5.74) is 0.903. The molecule has 0 bridgehead atoms. The number of ether oxygens (including phenoxy) is 1. The summed E-state index contributed by atoms with van der Waals surface area (Å²) in [6.07, 6.45) is 1.22. The molecule has 2 aliphatic rings. The minimum atomic E-state index is 0.271. The molecule has 0 unspecified atom stereocenters. The quantitative estimate of drug-likeness (QED) is 0.701. The number of piperidine rings is 1. The molecule has 31 heavy (non-hydrogen) atoms. The summed E-state index contributed by atoms with van der Waals surface area (Å²) < 4.78 is 10.6. The lowest BCUT2D eigenvalue weighted by atomic mass is 9.92. The van der Waals surface area contributed by atoms with E-state index in [1.54, 1.807) is 7.11 Å². The van der Waals surface area contributed by atoms with E-state index in [0.717, 1.165) is 50.6 Å². The first-order valence-corrected chi connectivity index (χ1v) is 11.2. The molecule has 2 fully saturated rings. The molecule has 2 aliphatic heterocycles. The summed E-state index contributed by atoms with van der Waals surface area (Å²) in [5.74, 6) is 3.48. The third-order valence-corrected chi connectivity index (χ3v) is 6.22. The van der Waals surface area contributed by atoms with E-state index in [2.05, 4.69) is 38.7 Å². The third kappa shape index (κ3) is 5.62. The first kappa shape index (κ1) is 21.8. The minimum Gasteiger partial charge on any atom is -0.497 e. The minimum absolute atomic E-state index is 0.271. The lowest BCUT2D eigenvalue weighted by Gasteiger charge is -2.38. The fourth-order valence-corrected chi connectivity index (χ4v) is 4.63. The first-order chi connectivity index (χ1) is 15.0. The monoisotopic (exact) mass is 427 g/mol. The van der Waals surface area contributed by atoms with Crippen LogP contribution in [0.15, 0.2) is 28.8 Å². The van der Waals surface area contributed by atoms with Crippen LogP contribution in [-0.4, -0.2) is 83.7 Å². The molecular formula is C23H33N5O3. The van der Waals surface area contributed by atoms with Crippen molar-refractivity contribution in [2.45, 2.75) is 26.8 Å². The average Bonchev–Trinajstić information content (AvgIpc) is 3.23. The molecule has 168 valence electrons. The number of carbonyl (C=O) groups is 1. The molecule has 2 saturated heterocycles. The molecule has 4 rings (SSSR count). The van der Waals surface area contributed by atoms with Crippen molar-refractivity contribution in [3.63, 3.8) is 0 Å². The Balaban J connectivity index is 1.24. The topological polar surface area (TPSA) is 74.9 Å². The van der Waals surface area contributed by atoms with Crippen molar-refractivity contribution in [3.8, 4) is 17.1 Å². The Labute approximate surface area is 184 Å². The van der Waals surface area contributed by atoms with Gasteiger partial charge in [-0.1, -0.05) is 19.0 Å². The van der Waals surface area contributed by atoms with Gasteiger partial charge in [0.1, 0.15) is 5.75 Å². The second kappa shape index (κ2) is 9.78. The molecule has 0 saturated carbocycles. The van der Waals surface area contributed by atoms with Crippen LogP contribution < -0.4 is 4.74 Å². The van der Waals surface area contributed by atoms with Gasteiger partial charge in [0.25, 0.3) is 0 Å². The Morgan fingerprint density at radius 2 is 1.71 bits per heavy atom. The number of methoxy groups -OCH3 is 1. The number of aromatic nitrogens is 2. The molecule has 8 heteroatoms. The van der Waals surface area contributed by atoms with Crippen molar-refractivity contribution in [1.29, 1.82) is 0 Å². The molecule has 8 nitrogen and oxygen atoms in total. The van der Waals surface area contributed by atoms with Gasteiger partial charge < -0.3 is 14.2 Å². The summed E-state index contributed by atoms with van der Waals surface area (Å²) in [6, 6.07) is 7.62. The van der Waals surface area contributed by atoms with Crippen LogP contribution >= 0.6 is 0 Å². The van der Waals surface area contributed by atoms with E-state index in [1.165, 1.54) is 6.42 Å². The fraction of sp³-hybridized carbons (Fsp3) is 0.609. The number of hydrogen-bond acceptors (Lipinski definition) is 7. The van der Waals surface area contributed by atoms with E-state index in [4.69, 9.17) is 9.26 Å². The van der Waals surface area contributed by atoms with Crippen LogP contribution in [0.5, 0.6) is 5.75 Å². The van der Waals surface area contributed by atoms with Crippen molar-refractivity contribution in [2.75, 3.05) is 52.9 Å². The van der Waals surface area contributed by atoms with Crippen LogP contribution in [0.3, 0.4) is 0 Å². The number of carbonyl (C=O) groups excluding carboxylic acids is 1. The molecule has 1 amide bonds. The summed E-state index contributed by atoms with van der Waals surface area (Å²) in [5, 5.41) is 4.11. The van der Waals surface area contributed by atoms with E-state index in [-0.39, 0.29) is 5.91 Å². The molecule has 1 aromatic heterocycles. The molecule has 3 heterocycles. The average molecular weight is 428 g/mol. The number of piperazine rings is 1.